The molecule has 0 fully saturated rings. The Hall–Kier alpha value is -3.39. The smallest absolute Gasteiger partial charge is 0.308 e. The molecule has 6 nitrogen and oxygen atoms in total. The second kappa shape index (κ2) is 8.33. The number of non-ortho nitro benzene ring substituents is 1. The second-order valence-corrected chi connectivity index (χ2v) is 6.55. The van der Waals surface area contributed by atoms with E-state index in [1.165, 1.54) is 48.2 Å². The number of para-hydroxylation sites is 1. The van der Waals surface area contributed by atoms with Gasteiger partial charge in [-0.2, -0.15) is 0 Å². The molecule has 0 heterocycles. The number of benzene rings is 3. The molecule has 0 spiro atoms. The van der Waals surface area contributed by atoms with Crippen molar-refractivity contribution < 1.29 is 14.1 Å². The zero-order chi connectivity index (χ0) is 19.2. The molecule has 0 bridgehead atoms. The van der Waals surface area contributed by atoms with Crippen molar-refractivity contribution >= 4 is 34.9 Å². The third-order valence-electron chi connectivity index (χ3n) is 3.51. The van der Waals surface area contributed by atoms with Crippen molar-refractivity contribution in [2.75, 3.05) is 10.6 Å². The fourth-order valence-corrected chi connectivity index (χ4v) is 3.14. The first-order valence-electron chi connectivity index (χ1n) is 7.86. The Morgan fingerprint density at radius 3 is 2.26 bits per heavy atom. The van der Waals surface area contributed by atoms with Crippen molar-refractivity contribution in [2.24, 2.45) is 0 Å². The van der Waals surface area contributed by atoms with E-state index in [0.717, 1.165) is 9.79 Å². The summed E-state index contributed by atoms with van der Waals surface area (Å²) in [5.74, 6) is -0.384. The number of urea groups is 1. The van der Waals surface area contributed by atoms with Gasteiger partial charge in [-0.1, -0.05) is 23.9 Å². The summed E-state index contributed by atoms with van der Waals surface area (Å²) >= 11 is 1.37. The lowest BCUT2D eigenvalue weighted by Gasteiger charge is -2.12. The lowest BCUT2D eigenvalue weighted by Crippen LogP contribution is -2.19. The number of rotatable bonds is 5. The third-order valence-corrected chi connectivity index (χ3v) is 4.60. The Balaban J connectivity index is 1.70. The largest absolute Gasteiger partial charge is 0.323 e. The monoisotopic (exact) mass is 383 g/mol. The number of nitrogens with zero attached hydrogens (tertiary/aromatic N) is 1. The van der Waals surface area contributed by atoms with Crippen LogP contribution in [-0.4, -0.2) is 11.0 Å². The first-order valence-corrected chi connectivity index (χ1v) is 8.68. The molecule has 0 radical (unpaired) electrons. The van der Waals surface area contributed by atoms with E-state index >= 15 is 0 Å². The van der Waals surface area contributed by atoms with Crippen LogP contribution in [0.4, 0.5) is 26.2 Å². The number of nitrogens with one attached hydrogen (secondary N) is 2. The molecule has 3 rings (SSSR count). The Morgan fingerprint density at radius 1 is 0.926 bits per heavy atom. The quantitative estimate of drug-likeness (QED) is 0.448. The van der Waals surface area contributed by atoms with Crippen LogP contribution in [0.25, 0.3) is 0 Å². The van der Waals surface area contributed by atoms with Crippen LogP contribution in [-0.2, 0) is 0 Å². The van der Waals surface area contributed by atoms with Crippen LogP contribution in [0.5, 0.6) is 0 Å². The fraction of sp³-hybridized carbons (Fsp3) is 0. The van der Waals surface area contributed by atoms with Gasteiger partial charge in [0.1, 0.15) is 5.82 Å². The summed E-state index contributed by atoms with van der Waals surface area (Å²) in [4.78, 5) is 24.1. The molecule has 8 heteroatoms. The van der Waals surface area contributed by atoms with E-state index < -0.39 is 11.0 Å². The van der Waals surface area contributed by atoms with Crippen molar-refractivity contribution in [2.45, 2.75) is 9.79 Å². The molecule has 3 aromatic carbocycles. The van der Waals surface area contributed by atoms with Gasteiger partial charge in [0.05, 0.1) is 10.6 Å². The summed E-state index contributed by atoms with van der Waals surface area (Å²) in [6.45, 7) is 0. The van der Waals surface area contributed by atoms with Gasteiger partial charge < -0.3 is 10.6 Å². The van der Waals surface area contributed by atoms with Crippen LogP contribution in [0.15, 0.2) is 82.6 Å². The second-order valence-electron chi connectivity index (χ2n) is 5.44. The highest BCUT2D eigenvalue weighted by molar-refractivity contribution is 7.99. The van der Waals surface area contributed by atoms with Crippen LogP contribution in [0.3, 0.4) is 0 Å². The summed E-state index contributed by atoms with van der Waals surface area (Å²) in [5.41, 5.74) is 1.07. The van der Waals surface area contributed by atoms with Crippen LogP contribution < -0.4 is 10.6 Å². The van der Waals surface area contributed by atoms with E-state index in [2.05, 4.69) is 10.6 Å². The third kappa shape index (κ3) is 5.05. The molecular formula is C19H14FN3O3S. The number of hydrogen-bond acceptors (Lipinski definition) is 4. The highest BCUT2D eigenvalue weighted by Gasteiger charge is 2.10. The van der Waals surface area contributed by atoms with Crippen LogP contribution >= 0.6 is 11.8 Å². The van der Waals surface area contributed by atoms with Gasteiger partial charge in [0.25, 0.3) is 5.69 Å². The highest BCUT2D eigenvalue weighted by atomic mass is 32.2. The lowest BCUT2D eigenvalue weighted by molar-refractivity contribution is -0.384. The van der Waals surface area contributed by atoms with Crippen molar-refractivity contribution in [3.8, 4) is 0 Å². The normalized spacial score (nSPS) is 10.3. The van der Waals surface area contributed by atoms with Crippen molar-refractivity contribution in [1.29, 1.82) is 0 Å². The topological polar surface area (TPSA) is 84.3 Å². The standard InChI is InChI=1S/C19H14FN3O3S/c20-13-5-7-14(8-6-13)21-19(24)22-17-3-1-2-4-18(17)27-16-11-9-15(10-12-16)23(25)26/h1-12H,(H2,21,22,24). The molecule has 0 atom stereocenters. The zero-order valence-electron chi connectivity index (χ0n) is 13.9. The van der Waals surface area contributed by atoms with E-state index in [-0.39, 0.29) is 11.5 Å². The van der Waals surface area contributed by atoms with Crippen LogP contribution in [0, 0.1) is 15.9 Å². The van der Waals surface area contributed by atoms with E-state index in [0.29, 0.717) is 11.4 Å². The first kappa shape index (κ1) is 18.4. The number of anilines is 2. The van der Waals surface area contributed by atoms with Gasteiger partial charge in [0.15, 0.2) is 0 Å². The maximum absolute atomic E-state index is 12.9. The zero-order valence-corrected chi connectivity index (χ0v) is 14.7. The SMILES string of the molecule is O=C(Nc1ccc(F)cc1)Nc1ccccc1Sc1ccc([N+](=O)[O-])cc1. The van der Waals surface area contributed by atoms with E-state index in [1.54, 1.807) is 24.3 Å². The number of carbonyl (C=O) groups excluding carboxylic acids is 1. The number of nitro benzene ring substituents is 1. The molecule has 0 saturated carbocycles. The maximum atomic E-state index is 12.9. The number of nitro groups is 1. The summed E-state index contributed by atoms with van der Waals surface area (Å²) < 4.78 is 12.9. The van der Waals surface area contributed by atoms with Gasteiger partial charge >= 0.3 is 6.03 Å². The molecule has 2 N–H and O–H groups in total. The molecule has 136 valence electrons. The molecule has 0 aliphatic carbocycles. The molecule has 3 aromatic rings. The average Bonchev–Trinajstić information content (AvgIpc) is 2.65. The minimum absolute atomic E-state index is 0.0180. The predicted molar refractivity (Wildman–Crippen MR) is 103 cm³/mol. The minimum atomic E-state index is -0.460. The molecule has 2 amide bonds. The average molecular weight is 383 g/mol. The molecule has 0 aromatic heterocycles. The number of hydrogen-bond donors (Lipinski definition) is 2. The fourth-order valence-electron chi connectivity index (χ4n) is 2.24. The van der Waals surface area contributed by atoms with Gasteiger partial charge in [0, 0.05) is 27.6 Å². The highest BCUT2D eigenvalue weighted by Crippen LogP contribution is 2.34. The Bertz CT molecular complexity index is 963. The molecule has 27 heavy (non-hydrogen) atoms. The lowest BCUT2D eigenvalue weighted by atomic mass is 10.3. The van der Waals surface area contributed by atoms with E-state index in [4.69, 9.17) is 0 Å². The van der Waals surface area contributed by atoms with Gasteiger partial charge in [-0.05, 0) is 48.5 Å². The Labute approximate surface area is 158 Å². The maximum Gasteiger partial charge on any atom is 0.323 e. The van der Waals surface area contributed by atoms with Gasteiger partial charge in [-0.3, -0.25) is 10.1 Å². The summed E-state index contributed by atoms with van der Waals surface area (Å²) in [7, 11) is 0. The summed E-state index contributed by atoms with van der Waals surface area (Å²) in [6.07, 6.45) is 0. The van der Waals surface area contributed by atoms with E-state index in [1.807, 2.05) is 12.1 Å². The van der Waals surface area contributed by atoms with Gasteiger partial charge in [-0.25, -0.2) is 9.18 Å². The Kier molecular flexibility index (Phi) is 5.68. The van der Waals surface area contributed by atoms with Crippen molar-refractivity contribution in [3.63, 3.8) is 0 Å². The van der Waals surface area contributed by atoms with Gasteiger partial charge in [0.2, 0.25) is 0 Å². The summed E-state index contributed by atoms with van der Waals surface area (Å²) in [5, 5.41) is 16.1. The molecule has 0 aliphatic heterocycles. The number of halogens is 1. The minimum Gasteiger partial charge on any atom is -0.308 e. The van der Waals surface area contributed by atoms with Crippen molar-refractivity contribution in [3.05, 3.63) is 88.7 Å². The van der Waals surface area contributed by atoms with Crippen molar-refractivity contribution in [1.82, 2.24) is 0 Å². The van der Waals surface area contributed by atoms with Crippen LogP contribution in [0.1, 0.15) is 0 Å². The first-order chi connectivity index (χ1) is 13.0. The summed E-state index contributed by atoms with van der Waals surface area (Å²) in [6, 6.07) is 18.3. The van der Waals surface area contributed by atoms with Gasteiger partial charge in [-0.15, -0.1) is 0 Å². The molecule has 0 aliphatic rings. The Morgan fingerprint density at radius 2 is 1.59 bits per heavy atom. The van der Waals surface area contributed by atoms with Crippen LogP contribution in [0.2, 0.25) is 0 Å². The molecule has 0 unspecified atom stereocenters. The van der Waals surface area contributed by atoms with E-state index in [9.17, 15) is 19.3 Å². The number of amides is 2. The molecule has 0 saturated heterocycles. The predicted octanol–water partition coefficient (Wildman–Crippen LogP) is 5.53. The molecular weight excluding hydrogens is 369 g/mol. The number of carbonyl (C=O) groups is 1.